The average molecular weight is 446 g/mol. The number of benzene rings is 3. The van der Waals surface area contributed by atoms with Crippen LogP contribution in [0.3, 0.4) is 0 Å². The third kappa shape index (κ3) is 4.52. The largest absolute Gasteiger partial charge is 0.573 e. The van der Waals surface area contributed by atoms with Gasteiger partial charge in [0.1, 0.15) is 22.9 Å². The lowest BCUT2D eigenvalue weighted by molar-refractivity contribution is -0.274. The lowest BCUT2D eigenvalue weighted by atomic mass is 10.0. The second-order valence-corrected chi connectivity index (χ2v) is 7.31. The van der Waals surface area contributed by atoms with Gasteiger partial charge in [-0.2, -0.15) is 0 Å². The monoisotopic (exact) mass is 446 g/mol. The van der Waals surface area contributed by atoms with Crippen LogP contribution in [0.4, 0.5) is 13.2 Å². The number of nitrogens with zero attached hydrogens (tertiary/aromatic N) is 1. The molecule has 164 valence electrons. The van der Waals surface area contributed by atoms with Crippen molar-refractivity contribution >= 4 is 11.0 Å². The Bertz CT molecular complexity index is 1410. The van der Waals surface area contributed by atoms with E-state index in [0.717, 1.165) is 16.5 Å². The SMILES string of the molecule is FC(F)(F)Oc1cccc(-c2c[nH]c3ncc(-c4ccccc4Oc4ccccc4)cc23)c1. The molecule has 0 aliphatic rings. The Labute approximate surface area is 187 Å². The van der Waals surface area contributed by atoms with Gasteiger partial charge in [0.25, 0.3) is 0 Å². The number of hydrogen-bond acceptors (Lipinski definition) is 3. The van der Waals surface area contributed by atoms with Crippen LogP contribution in [0.2, 0.25) is 0 Å². The summed E-state index contributed by atoms with van der Waals surface area (Å²) >= 11 is 0. The van der Waals surface area contributed by atoms with Crippen molar-refractivity contribution in [2.24, 2.45) is 0 Å². The van der Waals surface area contributed by atoms with Crippen LogP contribution in [0.25, 0.3) is 33.3 Å². The standard InChI is InChI=1S/C26H17F3N2O2/c27-26(28,29)33-20-10-6-7-17(13-20)23-16-31-25-22(23)14-18(15-30-25)21-11-4-5-12-24(21)32-19-8-2-1-3-9-19/h1-16H,(H,30,31). The Hall–Kier alpha value is -4.26. The van der Waals surface area contributed by atoms with E-state index in [1.165, 1.54) is 18.2 Å². The van der Waals surface area contributed by atoms with Crippen LogP contribution < -0.4 is 9.47 Å². The van der Waals surface area contributed by atoms with Crippen LogP contribution >= 0.6 is 0 Å². The van der Waals surface area contributed by atoms with E-state index in [0.29, 0.717) is 28.3 Å². The Morgan fingerprint density at radius 2 is 1.48 bits per heavy atom. The molecule has 0 saturated carbocycles. The molecular weight excluding hydrogens is 429 g/mol. The molecule has 0 radical (unpaired) electrons. The van der Waals surface area contributed by atoms with Gasteiger partial charge in [-0.25, -0.2) is 4.98 Å². The second kappa shape index (κ2) is 8.35. The van der Waals surface area contributed by atoms with Crippen molar-refractivity contribution in [3.63, 3.8) is 0 Å². The number of hydrogen-bond donors (Lipinski definition) is 1. The summed E-state index contributed by atoms with van der Waals surface area (Å²) in [4.78, 5) is 7.59. The Morgan fingerprint density at radius 1 is 0.727 bits per heavy atom. The zero-order valence-electron chi connectivity index (χ0n) is 17.1. The Balaban J connectivity index is 1.55. The topological polar surface area (TPSA) is 47.1 Å². The quantitative estimate of drug-likeness (QED) is 0.303. The Kier molecular flexibility index (Phi) is 5.22. The summed E-state index contributed by atoms with van der Waals surface area (Å²) in [6.45, 7) is 0. The Morgan fingerprint density at radius 3 is 2.30 bits per heavy atom. The minimum absolute atomic E-state index is 0.278. The fourth-order valence-corrected chi connectivity index (χ4v) is 3.66. The maximum Gasteiger partial charge on any atom is 0.573 e. The van der Waals surface area contributed by atoms with Gasteiger partial charge in [0, 0.05) is 34.5 Å². The third-order valence-corrected chi connectivity index (χ3v) is 5.08. The molecule has 0 atom stereocenters. The first-order chi connectivity index (χ1) is 16.0. The number of fused-ring (bicyclic) bond motifs is 1. The number of alkyl halides is 3. The highest BCUT2D eigenvalue weighted by molar-refractivity contribution is 5.96. The minimum atomic E-state index is -4.75. The number of rotatable bonds is 5. The van der Waals surface area contributed by atoms with E-state index in [9.17, 15) is 13.2 Å². The number of H-pyrrole nitrogens is 1. The van der Waals surface area contributed by atoms with Gasteiger partial charge in [0.2, 0.25) is 0 Å². The molecule has 33 heavy (non-hydrogen) atoms. The molecule has 1 N–H and O–H groups in total. The molecule has 5 aromatic rings. The lowest BCUT2D eigenvalue weighted by Gasteiger charge is -2.12. The minimum Gasteiger partial charge on any atom is -0.457 e. The molecule has 0 bridgehead atoms. The van der Waals surface area contributed by atoms with E-state index in [2.05, 4.69) is 14.7 Å². The number of ether oxygens (including phenoxy) is 2. The number of aromatic amines is 1. The first kappa shape index (κ1) is 20.6. The van der Waals surface area contributed by atoms with Crippen LogP contribution in [0.15, 0.2) is 97.3 Å². The van der Waals surface area contributed by atoms with E-state index >= 15 is 0 Å². The fourth-order valence-electron chi connectivity index (χ4n) is 3.66. The molecule has 4 nitrogen and oxygen atoms in total. The second-order valence-electron chi connectivity index (χ2n) is 7.31. The van der Waals surface area contributed by atoms with Crippen molar-refractivity contribution in [1.82, 2.24) is 9.97 Å². The van der Waals surface area contributed by atoms with Crippen LogP contribution in [-0.4, -0.2) is 16.3 Å². The average Bonchev–Trinajstić information content (AvgIpc) is 3.22. The first-order valence-electron chi connectivity index (χ1n) is 10.1. The van der Waals surface area contributed by atoms with Crippen molar-refractivity contribution in [1.29, 1.82) is 0 Å². The molecule has 5 rings (SSSR count). The van der Waals surface area contributed by atoms with Crippen molar-refractivity contribution < 1.29 is 22.6 Å². The fraction of sp³-hybridized carbons (Fsp3) is 0.0385. The number of halogens is 3. The maximum absolute atomic E-state index is 12.7. The highest BCUT2D eigenvalue weighted by atomic mass is 19.4. The molecule has 3 aromatic carbocycles. The van der Waals surface area contributed by atoms with Gasteiger partial charge >= 0.3 is 6.36 Å². The predicted molar refractivity (Wildman–Crippen MR) is 120 cm³/mol. The first-order valence-corrected chi connectivity index (χ1v) is 10.1. The van der Waals surface area contributed by atoms with Gasteiger partial charge in [-0.3, -0.25) is 0 Å². The normalized spacial score (nSPS) is 11.5. The number of para-hydroxylation sites is 2. The van der Waals surface area contributed by atoms with Crippen molar-refractivity contribution in [2.75, 3.05) is 0 Å². The summed E-state index contributed by atoms with van der Waals surface area (Å²) < 4.78 is 48.1. The zero-order valence-corrected chi connectivity index (χ0v) is 17.1. The van der Waals surface area contributed by atoms with Crippen LogP contribution in [0.1, 0.15) is 0 Å². The van der Waals surface area contributed by atoms with Crippen molar-refractivity contribution in [2.45, 2.75) is 6.36 Å². The maximum atomic E-state index is 12.7. The van der Waals surface area contributed by atoms with E-state index in [1.54, 1.807) is 18.5 Å². The van der Waals surface area contributed by atoms with Crippen LogP contribution in [-0.2, 0) is 0 Å². The molecule has 7 heteroatoms. The molecular formula is C26H17F3N2O2. The molecule has 0 aliphatic carbocycles. The summed E-state index contributed by atoms with van der Waals surface area (Å²) in [6.07, 6.45) is -1.30. The molecule has 0 unspecified atom stereocenters. The molecule has 0 fully saturated rings. The summed E-state index contributed by atoms with van der Waals surface area (Å²) in [7, 11) is 0. The van der Waals surface area contributed by atoms with E-state index < -0.39 is 6.36 Å². The lowest BCUT2D eigenvalue weighted by Crippen LogP contribution is -2.17. The van der Waals surface area contributed by atoms with E-state index in [4.69, 9.17) is 4.74 Å². The van der Waals surface area contributed by atoms with Gasteiger partial charge in [-0.1, -0.05) is 48.5 Å². The van der Waals surface area contributed by atoms with Crippen molar-refractivity contribution in [3.8, 4) is 39.5 Å². The van der Waals surface area contributed by atoms with Gasteiger partial charge in [-0.05, 0) is 42.0 Å². The van der Waals surface area contributed by atoms with Gasteiger partial charge < -0.3 is 14.5 Å². The van der Waals surface area contributed by atoms with E-state index in [-0.39, 0.29) is 5.75 Å². The number of aromatic nitrogens is 2. The molecule has 0 aliphatic heterocycles. The highest BCUT2D eigenvalue weighted by Crippen LogP contribution is 2.37. The smallest absolute Gasteiger partial charge is 0.457 e. The molecule has 0 saturated heterocycles. The van der Waals surface area contributed by atoms with Gasteiger partial charge in [-0.15, -0.1) is 13.2 Å². The summed E-state index contributed by atoms with van der Waals surface area (Å²) in [6, 6.07) is 24.9. The molecule has 0 amide bonds. The molecule has 2 heterocycles. The van der Waals surface area contributed by atoms with Crippen LogP contribution in [0, 0.1) is 0 Å². The van der Waals surface area contributed by atoms with E-state index in [1.807, 2.05) is 60.7 Å². The zero-order chi connectivity index (χ0) is 22.8. The van der Waals surface area contributed by atoms with Crippen molar-refractivity contribution in [3.05, 3.63) is 97.3 Å². The summed E-state index contributed by atoms with van der Waals surface area (Å²) in [5, 5.41) is 0.770. The van der Waals surface area contributed by atoms with Gasteiger partial charge in [0.15, 0.2) is 0 Å². The van der Waals surface area contributed by atoms with Gasteiger partial charge in [0.05, 0.1) is 0 Å². The molecule has 2 aromatic heterocycles. The molecule has 0 spiro atoms. The summed E-state index contributed by atoms with van der Waals surface area (Å²) in [5.41, 5.74) is 3.58. The number of pyridine rings is 1. The third-order valence-electron chi connectivity index (χ3n) is 5.08. The van der Waals surface area contributed by atoms with Crippen LogP contribution in [0.5, 0.6) is 17.2 Å². The predicted octanol–water partition coefficient (Wildman–Crippen LogP) is 7.59. The highest BCUT2D eigenvalue weighted by Gasteiger charge is 2.31. The number of nitrogens with one attached hydrogen (secondary N) is 1. The summed E-state index contributed by atoms with van der Waals surface area (Å²) in [5.74, 6) is 1.10.